The molecular formula is C14H30N2O. The Morgan fingerprint density at radius 2 is 1.88 bits per heavy atom. The molecule has 1 rings (SSSR count). The second kappa shape index (κ2) is 6.72. The molecule has 0 amide bonds. The Labute approximate surface area is 107 Å². The van der Waals surface area contributed by atoms with E-state index in [4.69, 9.17) is 10.5 Å². The van der Waals surface area contributed by atoms with Crippen LogP contribution in [0.4, 0.5) is 0 Å². The van der Waals surface area contributed by atoms with Crippen LogP contribution in [0.5, 0.6) is 0 Å². The maximum Gasteiger partial charge on any atom is 0.0480 e. The molecule has 2 N–H and O–H groups in total. The number of hydrogen-bond donors (Lipinski definition) is 1. The molecule has 0 radical (unpaired) electrons. The molecule has 0 spiro atoms. The number of likely N-dealkylation sites (N-methyl/N-ethyl adjacent to an activating group) is 1. The lowest BCUT2D eigenvalue weighted by Gasteiger charge is -2.45. The van der Waals surface area contributed by atoms with Gasteiger partial charge < -0.3 is 10.5 Å². The van der Waals surface area contributed by atoms with Gasteiger partial charge in [-0.3, -0.25) is 4.90 Å². The van der Waals surface area contributed by atoms with E-state index < -0.39 is 0 Å². The standard InChI is InChI=1S/C14H30N2O/c1-12-5-7-13(8-6-12)16(3)14(2,11-15)9-10-17-4/h12-13H,5-11,15H2,1-4H3. The summed E-state index contributed by atoms with van der Waals surface area (Å²) in [5.41, 5.74) is 6.07. The van der Waals surface area contributed by atoms with E-state index in [0.717, 1.165) is 18.9 Å². The quantitative estimate of drug-likeness (QED) is 0.776. The Balaban J connectivity index is 2.55. The Kier molecular flexibility index (Phi) is 5.90. The Morgan fingerprint density at radius 3 is 2.35 bits per heavy atom. The zero-order valence-corrected chi connectivity index (χ0v) is 12.0. The fraction of sp³-hybridized carbons (Fsp3) is 1.00. The van der Waals surface area contributed by atoms with Crippen LogP contribution in [-0.4, -0.2) is 43.8 Å². The third-order valence-corrected chi connectivity index (χ3v) is 4.67. The van der Waals surface area contributed by atoms with Gasteiger partial charge in [-0.05, 0) is 52.0 Å². The van der Waals surface area contributed by atoms with Gasteiger partial charge in [-0.1, -0.05) is 6.92 Å². The molecule has 0 aromatic heterocycles. The van der Waals surface area contributed by atoms with Crippen molar-refractivity contribution < 1.29 is 4.74 Å². The molecule has 3 nitrogen and oxygen atoms in total. The van der Waals surface area contributed by atoms with Crippen LogP contribution >= 0.6 is 0 Å². The van der Waals surface area contributed by atoms with Gasteiger partial charge in [-0.25, -0.2) is 0 Å². The molecule has 0 aliphatic heterocycles. The average molecular weight is 242 g/mol. The Morgan fingerprint density at radius 1 is 1.29 bits per heavy atom. The largest absolute Gasteiger partial charge is 0.385 e. The van der Waals surface area contributed by atoms with Crippen molar-refractivity contribution in [3.8, 4) is 0 Å². The number of nitrogens with two attached hydrogens (primary N) is 1. The molecular weight excluding hydrogens is 212 g/mol. The zero-order valence-electron chi connectivity index (χ0n) is 12.0. The van der Waals surface area contributed by atoms with E-state index in [-0.39, 0.29) is 5.54 Å². The van der Waals surface area contributed by atoms with Gasteiger partial charge in [0.25, 0.3) is 0 Å². The summed E-state index contributed by atoms with van der Waals surface area (Å²) in [4.78, 5) is 2.51. The molecule has 1 aliphatic carbocycles. The van der Waals surface area contributed by atoms with E-state index in [1.165, 1.54) is 25.7 Å². The first-order valence-corrected chi connectivity index (χ1v) is 6.95. The molecule has 17 heavy (non-hydrogen) atoms. The molecule has 102 valence electrons. The van der Waals surface area contributed by atoms with Gasteiger partial charge in [-0.2, -0.15) is 0 Å². The van der Waals surface area contributed by atoms with Gasteiger partial charge >= 0.3 is 0 Å². The minimum atomic E-state index is 0.0846. The summed E-state index contributed by atoms with van der Waals surface area (Å²) in [7, 11) is 4.00. The third kappa shape index (κ3) is 3.94. The van der Waals surface area contributed by atoms with E-state index in [9.17, 15) is 0 Å². The molecule has 3 heteroatoms. The van der Waals surface area contributed by atoms with Gasteiger partial charge in [0.1, 0.15) is 0 Å². The van der Waals surface area contributed by atoms with Crippen LogP contribution < -0.4 is 5.73 Å². The predicted molar refractivity (Wildman–Crippen MR) is 73.1 cm³/mol. The van der Waals surface area contributed by atoms with E-state index in [1.807, 2.05) is 0 Å². The SMILES string of the molecule is COCCC(C)(CN)N(C)C1CCC(C)CC1. The summed E-state index contributed by atoms with van der Waals surface area (Å²) in [6.07, 6.45) is 6.38. The van der Waals surface area contributed by atoms with Crippen molar-refractivity contribution in [3.05, 3.63) is 0 Å². The molecule has 1 aliphatic rings. The molecule has 1 atom stereocenters. The normalized spacial score (nSPS) is 29.3. The monoisotopic (exact) mass is 242 g/mol. The Hall–Kier alpha value is -0.120. The molecule has 0 bridgehead atoms. The predicted octanol–water partition coefficient (Wildman–Crippen LogP) is 2.25. The minimum absolute atomic E-state index is 0.0846. The first kappa shape index (κ1) is 14.9. The smallest absolute Gasteiger partial charge is 0.0480 e. The van der Waals surface area contributed by atoms with Crippen molar-refractivity contribution in [3.63, 3.8) is 0 Å². The fourth-order valence-corrected chi connectivity index (χ4v) is 2.81. The lowest BCUT2D eigenvalue weighted by molar-refractivity contribution is 0.0369. The van der Waals surface area contributed by atoms with Crippen LogP contribution in [-0.2, 0) is 4.74 Å². The number of ether oxygens (including phenoxy) is 1. The van der Waals surface area contributed by atoms with E-state index in [1.54, 1.807) is 7.11 Å². The lowest BCUT2D eigenvalue weighted by atomic mass is 9.84. The van der Waals surface area contributed by atoms with Crippen molar-refractivity contribution >= 4 is 0 Å². The fourth-order valence-electron chi connectivity index (χ4n) is 2.81. The van der Waals surface area contributed by atoms with Crippen LogP contribution in [0.15, 0.2) is 0 Å². The van der Waals surface area contributed by atoms with Crippen molar-refractivity contribution in [2.24, 2.45) is 11.7 Å². The minimum Gasteiger partial charge on any atom is -0.385 e. The van der Waals surface area contributed by atoms with Crippen molar-refractivity contribution in [1.82, 2.24) is 4.90 Å². The Bertz CT molecular complexity index is 214. The highest BCUT2D eigenvalue weighted by atomic mass is 16.5. The molecule has 1 saturated carbocycles. The summed E-state index contributed by atoms with van der Waals surface area (Å²) in [5, 5.41) is 0. The van der Waals surface area contributed by atoms with Crippen LogP contribution in [0.3, 0.4) is 0 Å². The molecule has 0 aromatic rings. The zero-order chi connectivity index (χ0) is 12.9. The van der Waals surface area contributed by atoms with Gasteiger partial charge in [0, 0.05) is 31.8 Å². The van der Waals surface area contributed by atoms with Crippen molar-refractivity contribution in [1.29, 1.82) is 0 Å². The van der Waals surface area contributed by atoms with E-state index in [2.05, 4.69) is 25.8 Å². The highest BCUT2D eigenvalue weighted by Gasteiger charge is 2.33. The highest BCUT2D eigenvalue weighted by molar-refractivity contribution is 4.90. The third-order valence-electron chi connectivity index (χ3n) is 4.67. The van der Waals surface area contributed by atoms with Gasteiger partial charge in [0.15, 0.2) is 0 Å². The van der Waals surface area contributed by atoms with E-state index >= 15 is 0 Å². The molecule has 1 fully saturated rings. The summed E-state index contributed by atoms with van der Waals surface area (Å²) in [6, 6.07) is 0.705. The second-order valence-electron chi connectivity index (χ2n) is 5.97. The molecule has 0 heterocycles. The molecule has 1 unspecified atom stereocenters. The van der Waals surface area contributed by atoms with Crippen LogP contribution in [0.1, 0.15) is 46.0 Å². The maximum atomic E-state index is 5.99. The maximum absolute atomic E-state index is 5.99. The summed E-state index contributed by atoms with van der Waals surface area (Å²) in [5.74, 6) is 0.905. The van der Waals surface area contributed by atoms with Gasteiger partial charge in [-0.15, -0.1) is 0 Å². The summed E-state index contributed by atoms with van der Waals surface area (Å²) >= 11 is 0. The number of hydrogen-bond acceptors (Lipinski definition) is 3. The number of methoxy groups -OCH3 is 1. The van der Waals surface area contributed by atoms with Crippen molar-refractivity contribution in [2.75, 3.05) is 27.3 Å². The number of nitrogens with zero attached hydrogens (tertiary/aromatic N) is 1. The first-order chi connectivity index (χ1) is 8.03. The van der Waals surface area contributed by atoms with Crippen molar-refractivity contribution in [2.45, 2.75) is 57.5 Å². The topological polar surface area (TPSA) is 38.5 Å². The first-order valence-electron chi connectivity index (χ1n) is 6.95. The van der Waals surface area contributed by atoms with E-state index in [0.29, 0.717) is 12.6 Å². The second-order valence-corrected chi connectivity index (χ2v) is 5.97. The highest BCUT2D eigenvalue weighted by Crippen LogP contribution is 2.31. The molecule has 0 saturated heterocycles. The summed E-state index contributed by atoms with van der Waals surface area (Å²) in [6.45, 7) is 6.13. The average Bonchev–Trinajstić information content (AvgIpc) is 2.36. The van der Waals surface area contributed by atoms with Gasteiger partial charge in [0.05, 0.1) is 0 Å². The molecule has 0 aromatic carbocycles. The lowest BCUT2D eigenvalue weighted by Crippen LogP contribution is -2.55. The van der Waals surface area contributed by atoms with Gasteiger partial charge in [0.2, 0.25) is 0 Å². The number of rotatable bonds is 6. The summed E-state index contributed by atoms with van der Waals surface area (Å²) < 4.78 is 5.21. The van der Waals surface area contributed by atoms with Crippen LogP contribution in [0.25, 0.3) is 0 Å². The van der Waals surface area contributed by atoms with Crippen LogP contribution in [0.2, 0.25) is 0 Å². The van der Waals surface area contributed by atoms with Crippen LogP contribution in [0, 0.1) is 5.92 Å².